The van der Waals surface area contributed by atoms with Crippen molar-refractivity contribution in [1.29, 1.82) is 0 Å². The van der Waals surface area contributed by atoms with Crippen LogP contribution in [0.25, 0.3) is 0 Å². The monoisotopic (exact) mass is 259 g/mol. The highest BCUT2D eigenvalue weighted by atomic mass is 35.5. The standard InChI is InChI=1S/C9H10ClN3S2/c1-6-12-9(15-13-6)11-5-4-7-2-3-8(10)14-7/h2-3H,4-5H2,1H3,(H,11,12,13). The van der Waals surface area contributed by atoms with Gasteiger partial charge in [0.25, 0.3) is 0 Å². The Morgan fingerprint density at radius 3 is 2.93 bits per heavy atom. The number of anilines is 1. The molecule has 0 fully saturated rings. The number of rotatable bonds is 4. The van der Waals surface area contributed by atoms with Gasteiger partial charge in [0.2, 0.25) is 5.13 Å². The van der Waals surface area contributed by atoms with Crippen LogP contribution < -0.4 is 5.32 Å². The van der Waals surface area contributed by atoms with Crippen molar-refractivity contribution in [2.45, 2.75) is 13.3 Å². The molecule has 0 bridgehead atoms. The normalized spacial score (nSPS) is 10.5. The second kappa shape index (κ2) is 4.92. The van der Waals surface area contributed by atoms with Crippen LogP contribution in [0.1, 0.15) is 10.7 Å². The number of aryl methyl sites for hydroxylation is 1. The highest BCUT2D eigenvalue weighted by Crippen LogP contribution is 2.21. The molecule has 6 heteroatoms. The Hall–Kier alpha value is -0.650. The molecule has 3 nitrogen and oxygen atoms in total. The summed E-state index contributed by atoms with van der Waals surface area (Å²) in [5.41, 5.74) is 0. The Balaban J connectivity index is 1.80. The molecular formula is C9H10ClN3S2. The summed E-state index contributed by atoms with van der Waals surface area (Å²) < 4.78 is 4.94. The summed E-state index contributed by atoms with van der Waals surface area (Å²) in [5, 5.41) is 4.12. The third-order valence-corrected chi connectivity index (χ3v) is 3.86. The number of hydrogen-bond acceptors (Lipinski definition) is 5. The van der Waals surface area contributed by atoms with Crippen molar-refractivity contribution < 1.29 is 0 Å². The molecule has 0 aliphatic rings. The fourth-order valence-electron chi connectivity index (χ4n) is 1.15. The molecule has 2 heterocycles. The number of nitrogens with one attached hydrogen (secondary N) is 1. The Morgan fingerprint density at radius 2 is 2.33 bits per heavy atom. The smallest absolute Gasteiger partial charge is 0.202 e. The number of hydrogen-bond donors (Lipinski definition) is 1. The minimum Gasteiger partial charge on any atom is -0.360 e. The van der Waals surface area contributed by atoms with Crippen molar-refractivity contribution >= 4 is 39.6 Å². The largest absolute Gasteiger partial charge is 0.360 e. The van der Waals surface area contributed by atoms with E-state index >= 15 is 0 Å². The van der Waals surface area contributed by atoms with E-state index in [9.17, 15) is 0 Å². The summed E-state index contributed by atoms with van der Waals surface area (Å²) in [4.78, 5) is 5.51. The zero-order valence-corrected chi connectivity index (χ0v) is 10.5. The maximum atomic E-state index is 5.84. The van der Waals surface area contributed by atoms with E-state index in [4.69, 9.17) is 11.6 Å². The van der Waals surface area contributed by atoms with Gasteiger partial charge in [-0.05, 0) is 25.5 Å². The molecule has 0 amide bonds. The van der Waals surface area contributed by atoms with E-state index in [1.807, 2.05) is 13.0 Å². The molecule has 0 unspecified atom stereocenters. The maximum Gasteiger partial charge on any atom is 0.202 e. The molecule has 0 atom stereocenters. The van der Waals surface area contributed by atoms with Crippen LogP contribution in [-0.4, -0.2) is 15.9 Å². The third kappa shape index (κ3) is 3.15. The van der Waals surface area contributed by atoms with Gasteiger partial charge in [-0.2, -0.15) is 4.37 Å². The Morgan fingerprint density at radius 1 is 1.47 bits per heavy atom. The fraction of sp³-hybridized carbons (Fsp3) is 0.333. The van der Waals surface area contributed by atoms with Crippen LogP contribution in [-0.2, 0) is 6.42 Å². The van der Waals surface area contributed by atoms with Gasteiger partial charge in [-0.25, -0.2) is 4.98 Å². The SMILES string of the molecule is Cc1nsc(NCCc2ccc(Cl)s2)n1. The van der Waals surface area contributed by atoms with Crippen LogP contribution in [0.5, 0.6) is 0 Å². The zero-order chi connectivity index (χ0) is 10.7. The van der Waals surface area contributed by atoms with E-state index in [0.717, 1.165) is 28.3 Å². The molecular weight excluding hydrogens is 250 g/mol. The second-order valence-corrected chi connectivity index (χ2v) is 5.58. The molecule has 2 aromatic heterocycles. The highest BCUT2D eigenvalue weighted by Gasteiger charge is 2.00. The van der Waals surface area contributed by atoms with Crippen molar-refractivity contribution in [1.82, 2.24) is 9.36 Å². The van der Waals surface area contributed by atoms with E-state index < -0.39 is 0 Å². The molecule has 0 radical (unpaired) electrons. The molecule has 0 aliphatic heterocycles. The zero-order valence-electron chi connectivity index (χ0n) is 8.16. The van der Waals surface area contributed by atoms with Gasteiger partial charge >= 0.3 is 0 Å². The average molecular weight is 260 g/mol. The molecule has 0 saturated carbocycles. The first-order valence-electron chi connectivity index (χ1n) is 4.52. The van der Waals surface area contributed by atoms with Gasteiger partial charge in [-0.15, -0.1) is 11.3 Å². The maximum absolute atomic E-state index is 5.84. The third-order valence-electron chi connectivity index (χ3n) is 1.80. The van der Waals surface area contributed by atoms with Gasteiger partial charge in [-0.3, -0.25) is 0 Å². The van der Waals surface area contributed by atoms with E-state index in [2.05, 4.69) is 20.7 Å². The van der Waals surface area contributed by atoms with Crippen LogP contribution in [0, 0.1) is 6.92 Å². The fourth-order valence-corrected chi connectivity index (χ4v) is 2.83. The van der Waals surface area contributed by atoms with Crippen LogP contribution in [0.15, 0.2) is 12.1 Å². The lowest BCUT2D eigenvalue weighted by molar-refractivity contribution is 1.03. The minimum atomic E-state index is 0.821. The van der Waals surface area contributed by atoms with Gasteiger partial charge in [0.1, 0.15) is 5.82 Å². The topological polar surface area (TPSA) is 37.8 Å². The molecule has 0 spiro atoms. The molecule has 2 rings (SSSR count). The van der Waals surface area contributed by atoms with E-state index in [0.29, 0.717) is 0 Å². The van der Waals surface area contributed by atoms with Crippen molar-refractivity contribution in [2.75, 3.05) is 11.9 Å². The Labute approximate surface area is 101 Å². The summed E-state index contributed by atoms with van der Waals surface area (Å²) in [5.74, 6) is 0.821. The van der Waals surface area contributed by atoms with Crippen molar-refractivity contribution in [3.05, 3.63) is 27.2 Å². The first-order valence-corrected chi connectivity index (χ1v) is 6.49. The van der Waals surface area contributed by atoms with E-state index in [1.165, 1.54) is 16.4 Å². The lowest BCUT2D eigenvalue weighted by atomic mass is 10.3. The van der Waals surface area contributed by atoms with Gasteiger partial charge in [0, 0.05) is 23.0 Å². The average Bonchev–Trinajstić information content (AvgIpc) is 2.76. The summed E-state index contributed by atoms with van der Waals surface area (Å²) >= 11 is 8.85. The minimum absolute atomic E-state index is 0.821. The molecule has 15 heavy (non-hydrogen) atoms. The Bertz CT molecular complexity index is 398. The highest BCUT2D eigenvalue weighted by molar-refractivity contribution is 7.16. The second-order valence-electron chi connectivity index (χ2n) is 3.03. The van der Waals surface area contributed by atoms with Crippen molar-refractivity contribution in [2.24, 2.45) is 0 Å². The molecule has 80 valence electrons. The number of nitrogens with zero attached hydrogens (tertiary/aromatic N) is 2. The molecule has 0 saturated heterocycles. The van der Waals surface area contributed by atoms with Crippen molar-refractivity contribution in [3.8, 4) is 0 Å². The predicted octanol–water partition coefficient (Wildman–Crippen LogP) is 3.22. The summed E-state index contributed by atoms with van der Waals surface area (Å²) in [6, 6.07) is 3.98. The summed E-state index contributed by atoms with van der Waals surface area (Å²) in [6.45, 7) is 2.76. The van der Waals surface area contributed by atoms with Gasteiger partial charge in [0.15, 0.2) is 0 Å². The number of halogens is 1. The van der Waals surface area contributed by atoms with Crippen LogP contribution >= 0.6 is 34.5 Å². The lowest BCUT2D eigenvalue weighted by Crippen LogP contribution is -2.03. The van der Waals surface area contributed by atoms with Gasteiger partial charge < -0.3 is 5.32 Å². The van der Waals surface area contributed by atoms with Crippen LogP contribution in [0.3, 0.4) is 0 Å². The Kier molecular flexibility index (Phi) is 3.56. The predicted molar refractivity (Wildman–Crippen MR) is 66.2 cm³/mol. The lowest BCUT2D eigenvalue weighted by Gasteiger charge is -1.98. The first-order chi connectivity index (χ1) is 7.24. The molecule has 0 aromatic carbocycles. The summed E-state index contributed by atoms with van der Waals surface area (Å²) in [6.07, 6.45) is 0.968. The van der Waals surface area contributed by atoms with Crippen molar-refractivity contribution in [3.63, 3.8) is 0 Å². The van der Waals surface area contributed by atoms with Gasteiger partial charge in [0.05, 0.1) is 4.34 Å². The number of thiophene rings is 1. The summed E-state index contributed by atoms with van der Waals surface area (Å²) in [7, 11) is 0. The molecule has 2 aromatic rings. The molecule has 0 aliphatic carbocycles. The molecule has 1 N–H and O–H groups in total. The van der Waals surface area contributed by atoms with E-state index in [1.54, 1.807) is 11.3 Å². The quantitative estimate of drug-likeness (QED) is 0.916. The van der Waals surface area contributed by atoms with Gasteiger partial charge in [-0.1, -0.05) is 11.6 Å². The van der Waals surface area contributed by atoms with Crippen LogP contribution in [0.2, 0.25) is 4.34 Å². The number of aromatic nitrogens is 2. The first kappa shape index (κ1) is 10.9. The van der Waals surface area contributed by atoms with Crippen LogP contribution in [0.4, 0.5) is 5.13 Å². The van der Waals surface area contributed by atoms with E-state index in [-0.39, 0.29) is 0 Å².